The Morgan fingerprint density at radius 3 is 2.62 bits per heavy atom. The third-order valence-corrected chi connectivity index (χ3v) is 6.69. The minimum Gasteiger partial charge on any atom is -0.489 e. The van der Waals surface area contributed by atoms with Gasteiger partial charge < -0.3 is 10.1 Å². The standard InChI is InChI=1S/C29H30N2O/c1-21(28-10-4-8-24-7-2-3-9-29(24)28)31-26-14-11-25(18-26)23-12-15-27(16-13-23)32-20-22-6-5-17-30-19-22/h2-10,12-13,15-17,19,21,25-26,31H,11,14,18,20H2,1H3. The highest BCUT2D eigenvalue weighted by atomic mass is 16.5. The van der Waals surface area contributed by atoms with Crippen LogP contribution in [0.1, 0.15) is 54.8 Å². The van der Waals surface area contributed by atoms with Gasteiger partial charge in [0, 0.05) is 30.0 Å². The molecule has 5 rings (SSSR count). The van der Waals surface area contributed by atoms with Crippen LogP contribution in [0, 0.1) is 0 Å². The van der Waals surface area contributed by atoms with Crippen LogP contribution in [0.3, 0.4) is 0 Å². The van der Waals surface area contributed by atoms with E-state index in [0.29, 0.717) is 24.6 Å². The quantitative estimate of drug-likeness (QED) is 0.356. The molecular formula is C29H30N2O. The van der Waals surface area contributed by atoms with Crippen molar-refractivity contribution in [2.24, 2.45) is 0 Å². The molecule has 4 aromatic rings. The predicted molar refractivity (Wildman–Crippen MR) is 131 cm³/mol. The summed E-state index contributed by atoms with van der Waals surface area (Å²) in [7, 11) is 0. The monoisotopic (exact) mass is 422 g/mol. The van der Waals surface area contributed by atoms with E-state index < -0.39 is 0 Å². The molecule has 3 heteroatoms. The first-order valence-corrected chi connectivity index (χ1v) is 11.6. The van der Waals surface area contributed by atoms with Gasteiger partial charge in [-0.15, -0.1) is 0 Å². The SMILES string of the molecule is CC(NC1CCC(c2ccc(OCc3cccnc3)cc2)C1)c1cccc2ccccc12. The molecule has 3 unspecified atom stereocenters. The normalized spacial score (nSPS) is 19.2. The van der Waals surface area contributed by atoms with Gasteiger partial charge in [0.1, 0.15) is 12.4 Å². The molecule has 1 N–H and O–H groups in total. The Labute approximate surface area is 190 Å². The van der Waals surface area contributed by atoms with Gasteiger partial charge in [-0.05, 0) is 72.2 Å². The molecular weight excluding hydrogens is 392 g/mol. The van der Waals surface area contributed by atoms with Gasteiger partial charge in [-0.25, -0.2) is 0 Å². The van der Waals surface area contributed by atoms with E-state index in [2.05, 4.69) is 84.0 Å². The molecule has 0 radical (unpaired) electrons. The van der Waals surface area contributed by atoms with Gasteiger partial charge in [0.15, 0.2) is 0 Å². The predicted octanol–water partition coefficient (Wildman–Crippen LogP) is 6.80. The Kier molecular flexibility index (Phi) is 6.17. The van der Waals surface area contributed by atoms with E-state index >= 15 is 0 Å². The molecule has 3 atom stereocenters. The molecule has 32 heavy (non-hydrogen) atoms. The molecule has 0 spiro atoms. The molecule has 0 bridgehead atoms. The lowest BCUT2D eigenvalue weighted by atomic mass is 9.96. The number of nitrogens with one attached hydrogen (secondary N) is 1. The topological polar surface area (TPSA) is 34.1 Å². The first-order valence-electron chi connectivity index (χ1n) is 11.6. The maximum atomic E-state index is 5.92. The fraction of sp³-hybridized carbons (Fsp3) is 0.276. The van der Waals surface area contributed by atoms with Crippen LogP contribution in [0.4, 0.5) is 0 Å². The van der Waals surface area contributed by atoms with Gasteiger partial charge in [0.2, 0.25) is 0 Å². The minimum absolute atomic E-state index is 0.341. The fourth-order valence-electron chi connectivity index (χ4n) is 4.99. The summed E-state index contributed by atoms with van der Waals surface area (Å²) >= 11 is 0. The lowest BCUT2D eigenvalue weighted by molar-refractivity contribution is 0.305. The van der Waals surface area contributed by atoms with Gasteiger partial charge in [-0.3, -0.25) is 4.98 Å². The molecule has 1 fully saturated rings. The van der Waals surface area contributed by atoms with Crippen molar-refractivity contribution in [1.29, 1.82) is 0 Å². The number of fused-ring (bicyclic) bond motifs is 1. The molecule has 1 aromatic heterocycles. The Hall–Kier alpha value is -3.17. The first-order chi connectivity index (χ1) is 15.8. The van der Waals surface area contributed by atoms with Crippen LogP contribution in [0.2, 0.25) is 0 Å². The van der Waals surface area contributed by atoms with E-state index in [-0.39, 0.29) is 0 Å². The summed E-state index contributed by atoms with van der Waals surface area (Å²) in [4.78, 5) is 4.14. The number of benzene rings is 3. The van der Waals surface area contributed by atoms with E-state index in [1.165, 1.54) is 41.2 Å². The molecule has 162 valence electrons. The van der Waals surface area contributed by atoms with Crippen LogP contribution in [-0.4, -0.2) is 11.0 Å². The van der Waals surface area contributed by atoms with Crippen molar-refractivity contribution in [3.8, 4) is 5.75 Å². The van der Waals surface area contributed by atoms with E-state index in [0.717, 1.165) is 11.3 Å². The molecule has 0 aliphatic heterocycles. The Balaban J connectivity index is 1.18. The lowest BCUT2D eigenvalue weighted by Gasteiger charge is -2.21. The highest BCUT2D eigenvalue weighted by Gasteiger charge is 2.27. The zero-order valence-electron chi connectivity index (χ0n) is 18.6. The van der Waals surface area contributed by atoms with E-state index in [1.807, 2.05) is 18.3 Å². The smallest absolute Gasteiger partial charge is 0.119 e. The Bertz CT molecular complexity index is 1150. The van der Waals surface area contributed by atoms with Crippen molar-refractivity contribution in [2.75, 3.05) is 0 Å². The summed E-state index contributed by atoms with van der Waals surface area (Å²) in [5.74, 6) is 1.52. The summed E-state index contributed by atoms with van der Waals surface area (Å²) in [6.45, 7) is 2.85. The zero-order chi connectivity index (χ0) is 21.8. The number of ether oxygens (including phenoxy) is 1. The van der Waals surface area contributed by atoms with Crippen LogP contribution < -0.4 is 10.1 Å². The number of hydrogen-bond acceptors (Lipinski definition) is 3. The van der Waals surface area contributed by atoms with Crippen molar-refractivity contribution in [3.05, 3.63) is 108 Å². The average Bonchev–Trinajstić information content (AvgIpc) is 3.31. The second-order valence-electron chi connectivity index (χ2n) is 8.88. The molecule has 0 amide bonds. The summed E-state index contributed by atoms with van der Waals surface area (Å²) in [5.41, 5.74) is 3.89. The number of hydrogen-bond donors (Lipinski definition) is 1. The maximum Gasteiger partial charge on any atom is 0.119 e. The van der Waals surface area contributed by atoms with Crippen molar-refractivity contribution < 1.29 is 4.74 Å². The molecule has 3 aromatic carbocycles. The summed E-state index contributed by atoms with van der Waals surface area (Å²) in [6.07, 6.45) is 7.27. The second-order valence-corrected chi connectivity index (χ2v) is 8.88. The second kappa shape index (κ2) is 9.54. The van der Waals surface area contributed by atoms with E-state index in [1.54, 1.807) is 6.20 Å². The maximum absolute atomic E-state index is 5.92. The van der Waals surface area contributed by atoms with Crippen LogP contribution >= 0.6 is 0 Å². The number of pyridine rings is 1. The number of rotatable bonds is 7. The molecule has 3 nitrogen and oxygen atoms in total. The number of aromatic nitrogens is 1. The van der Waals surface area contributed by atoms with Gasteiger partial charge in [0.25, 0.3) is 0 Å². The van der Waals surface area contributed by atoms with Crippen LogP contribution in [0.5, 0.6) is 5.75 Å². The van der Waals surface area contributed by atoms with Crippen molar-refractivity contribution in [1.82, 2.24) is 10.3 Å². The summed E-state index contributed by atoms with van der Waals surface area (Å²) < 4.78 is 5.92. The van der Waals surface area contributed by atoms with Gasteiger partial charge in [-0.1, -0.05) is 60.7 Å². The Morgan fingerprint density at radius 1 is 0.938 bits per heavy atom. The third-order valence-electron chi connectivity index (χ3n) is 6.69. The van der Waals surface area contributed by atoms with Gasteiger partial charge in [0.05, 0.1) is 0 Å². The highest BCUT2D eigenvalue weighted by Crippen LogP contribution is 2.36. The summed E-state index contributed by atoms with van der Waals surface area (Å²) in [6, 6.07) is 28.8. The van der Waals surface area contributed by atoms with Crippen molar-refractivity contribution in [2.45, 2.75) is 50.8 Å². The number of nitrogens with zero attached hydrogens (tertiary/aromatic N) is 1. The van der Waals surface area contributed by atoms with Gasteiger partial charge >= 0.3 is 0 Å². The molecule has 0 saturated heterocycles. The van der Waals surface area contributed by atoms with Crippen LogP contribution in [0.25, 0.3) is 10.8 Å². The van der Waals surface area contributed by atoms with Crippen LogP contribution in [-0.2, 0) is 6.61 Å². The molecule has 1 aliphatic carbocycles. The molecule has 1 saturated carbocycles. The zero-order valence-corrected chi connectivity index (χ0v) is 18.6. The van der Waals surface area contributed by atoms with E-state index in [9.17, 15) is 0 Å². The van der Waals surface area contributed by atoms with E-state index in [4.69, 9.17) is 4.74 Å². The average molecular weight is 423 g/mol. The fourth-order valence-corrected chi connectivity index (χ4v) is 4.99. The van der Waals surface area contributed by atoms with Crippen molar-refractivity contribution in [3.63, 3.8) is 0 Å². The molecule has 1 aliphatic rings. The lowest BCUT2D eigenvalue weighted by Crippen LogP contribution is -2.29. The minimum atomic E-state index is 0.341. The summed E-state index contributed by atoms with van der Waals surface area (Å²) in [5, 5.41) is 6.57. The Morgan fingerprint density at radius 2 is 1.78 bits per heavy atom. The van der Waals surface area contributed by atoms with Crippen molar-refractivity contribution >= 4 is 10.8 Å². The van der Waals surface area contributed by atoms with Gasteiger partial charge in [-0.2, -0.15) is 0 Å². The molecule has 1 heterocycles. The third kappa shape index (κ3) is 4.68. The van der Waals surface area contributed by atoms with Crippen LogP contribution in [0.15, 0.2) is 91.3 Å². The first kappa shape index (κ1) is 20.7. The largest absolute Gasteiger partial charge is 0.489 e. The highest BCUT2D eigenvalue weighted by molar-refractivity contribution is 5.86.